The first-order valence-corrected chi connectivity index (χ1v) is 11.4. The zero-order valence-corrected chi connectivity index (χ0v) is 19.2. The smallest absolute Gasteiger partial charge is 0.414 e. The van der Waals surface area contributed by atoms with Gasteiger partial charge in [0.1, 0.15) is 11.9 Å². The number of aromatic nitrogens is 5. The van der Waals surface area contributed by atoms with Crippen molar-refractivity contribution in [2.24, 2.45) is 0 Å². The van der Waals surface area contributed by atoms with Crippen LogP contribution in [0.25, 0.3) is 11.4 Å². The van der Waals surface area contributed by atoms with E-state index >= 15 is 4.39 Å². The van der Waals surface area contributed by atoms with Gasteiger partial charge in [-0.25, -0.2) is 9.18 Å². The fraction of sp³-hybridized carbons (Fsp3) is 0.391. The van der Waals surface area contributed by atoms with E-state index in [0.29, 0.717) is 30.3 Å². The summed E-state index contributed by atoms with van der Waals surface area (Å²) in [7, 11) is 0. The number of cyclic esters (lactones) is 1. The average Bonchev–Trinajstić information content (AvgIpc) is 3.50. The highest BCUT2D eigenvalue weighted by Crippen LogP contribution is 2.31. The Morgan fingerprint density at radius 3 is 2.80 bits per heavy atom. The Hall–Kier alpha value is -4.09. The second kappa shape index (κ2) is 9.65. The summed E-state index contributed by atoms with van der Waals surface area (Å²) in [5.74, 6) is -0.0778. The number of amides is 2. The molecule has 2 aliphatic heterocycles. The maximum atomic E-state index is 15.1. The molecule has 1 N–H and O–H groups in total. The fourth-order valence-electron chi connectivity index (χ4n) is 4.34. The summed E-state index contributed by atoms with van der Waals surface area (Å²) in [6.45, 7) is 3.13. The van der Waals surface area contributed by atoms with Crippen molar-refractivity contribution < 1.29 is 18.7 Å². The van der Waals surface area contributed by atoms with Gasteiger partial charge in [0.15, 0.2) is 0 Å². The summed E-state index contributed by atoms with van der Waals surface area (Å²) >= 11 is 0. The van der Waals surface area contributed by atoms with Crippen molar-refractivity contribution in [1.29, 1.82) is 0 Å². The standard InChI is InChI=1S/C23H25FN8O3/c1-15(33)26-13-19-14-31(23(34)35-19)18-4-5-21(20(24)11-18)30-9-6-17(7-10-30)32-28-22(27-29-32)16-3-2-8-25-12-16/h2-5,8,11-12,17,19H,6-7,9-10,13-14H2,1H3,(H,26,33)/t19-/m0/s1. The molecule has 0 bridgehead atoms. The number of benzene rings is 1. The lowest BCUT2D eigenvalue weighted by atomic mass is 10.0. The molecule has 0 saturated carbocycles. The number of tetrazole rings is 1. The largest absolute Gasteiger partial charge is 0.442 e. The Bertz CT molecular complexity index is 1210. The van der Waals surface area contributed by atoms with Crippen LogP contribution in [0.2, 0.25) is 0 Å². The van der Waals surface area contributed by atoms with Crippen LogP contribution in [0.3, 0.4) is 0 Å². The number of hydrogen-bond donors (Lipinski definition) is 1. The Labute approximate surface area is 200 Å². The molecule has 0 aliphatic carbocycles. The number of nitrogens with zero attached hydrogens (tertiary/aromatic N) is 7. The van der Waals surface area contributed by atoms with Gasteiger partial charge in [0.2, 0.25) is 11.7 Å². The van der Waals surface area contributed by atoms with Crippen LogP contribution in [-0.4, -0.2) is 69.5 Å². The molecule has 2 amide bonds. The predicted octanol–water partition coefficient (Wildman–Crippen LogP) is 2.18. The highest BCUT2D eigenvalue weighted by atomic mass is 19.1. The highest BCUT2D eigenvalue weighted by molar-refractivity contribution is 5.90. The number of rotatable bonds is 6. The third-order valence-electron chi connectivity index (χ3n) is 6.18. The summed E-state index contributed by atoms with van der Waals surface area (Å²) in [6, 6.07) is 8.54. The number of hydrogen-bond acceptors (Lipinski definition) is 8. The topological polar surface area (TPSA) is 118 Å². The van der Waals surface area contributed by atoms with E-state index in [1.807, 2.05) is 17.0 Å². The van der Waals surface area contributed by atoms with Crippen molar-refractivity contribution in [2.45, 2.75) is 31.9 Å². The van der Waals surface area contributed by atoms with Crippen molar-refractivity contribution in [3.8, 4) is 11.4 Å². The van der Waals surface area contributed by atoms with Gasteiger partial charge in [-0.1, -0.05) is 0 Å². The molecule has 1 aromatic carbocycles. The molecule has 5 rings (SSSR count). The summed E-state index contributed by atoms with van der Waals surface area (Å²) in [6.07, 6.45) is 3.84. The molecule has 2 fully saturated rings. The van der Waals surface area contributed by atoms with Gasteiger partial charge in [-0.3, -0.25) is 14.7 Å². The lowest BCUT2D eigenvalue weighted by molar-refractivity contribution is -0.119. The summed E-state index contributed by atoms with van der Waals surface area (Å²) in [5.41, 5.74) is 1.71. The Morgan fingerprint density at radius 2 is 2.09 bits per heavy atom. The summed E-state index contributed by atoms with van der Waals surface area (Å²) in [4.78, 5) is 32.4. The van der Waals surface area contributed by atoms with Gasteiger partial charge in [0.25, 0.3) is 0 Å². The van der Waals surface area contributed by atoms with Crippen LogP contribution >= 0.6 is 0 Å². The number of carbonyl (C=O) groups is 2. The summed E-state index contributed by atoms with van der Waals surface area (Å²) in [5, 5.41) is 15.5. The van der Waals surface area contributed by atoms with Crippen molar-refractivity contribution in [3.05, 3.63) is 48.5 Å². The fourth-order valence-corrected chi connectivity index (χ4v) is 4.34. The van der Waals surface area contributed by atoms with Crippen LogP contribution in [0.15, 0.2) is 42.7 Å². The molecule has 1 atom stereocenters. The van der Waals surface area contributed by atoms with E-state index in [0.717, 1.165) is 18.4 Å². The van der Waals surface area contributed by atoms with Gasteiger partial charge < -0.3 is 15.0 Å². The van der Waals surface area contributed by atoms with Gasteiger partial charge >= 0.3 is 6.09 Å². The van der Waals surface area contributed by atoms with E-state index in [4.69, 9.17) is 4.74 Å². The number of carbonyl (C=O) groups excluding carboxylic acids is 2. The minimum atomic E-state index is -0.556. The zero-order valence-electron chi connectivity index (χ0n) is 19.2. The highest BCUT2D eigenvalue weighted by Gasteiger charge is 2.33. The van der Waals surface area contributed by atoms with Crippen molar-refractivity contribution in [2.75, 3.05) is 36.0 Å². The third kappa shape index (κ3) is 4.91. The van der Waals surface area contributed by atoms with Crippen LogP contribution in [0, 0.1) is 5.82 Å². The number of nitrogens with one attached hydrogen (secondary N) is 1. The first kappa shape index (κ1) is 22.7. The SMILES string of the molecule is CC(=O)NC[C@H]1CN(c2ccc(N3CCC(n4nnc(-c5cccnc5)n4)CC3)c(F)c2)C(=O)O1. The molecule has 0 radical (unpaired) electrons. The van der Waals surface area contributed by atoms with Crippen LogP contribution in [0.4, 0.5) is 20.6 Å². The predicted molar refractivity (Wildman–Crippen MR) is 124 cm³/mol. The lowest BCUT2D eigenvalue weighted by Gasteiger charge is -2.33. The van der Waals surface area contributed by atoms with E-state index in [1.54, 1.807) is 29.3 Å². The number of piperidine rings is 1. The second-order valence-corrected chi connectivity index (χ2v) is 8.58. The molecular formula is C23H25FN8O3. The molecule has 3 aromatic rings. The third-order valence-corrected chi connectivity index (χ3v) is 6.18. The molecule has 2 aliphatic rings. The molecule has 0 unspecified atom stereocenters. The quantitative estimate of drug-likeness (QED) is 0.570. The molecular weight excluding hydrogens is 455 g/mol. The van der Waals surface area contributed by atoms with Crippen LogP contribution < -0.4 is 15.1 Å². The van der Waals surface area contributed by atoms with Gasteiger partial charge in [0.05, 0.1) is 30.5 Å². The van der Waals surface area contributed by atoms with E-state index in [1.165, 1.54) is 17.9 Å². The first-order chi connectivity index (χ1) is 17.0. The molecule has 2 aromatic heterocycles. The van der Waals surface area contributed by atoms with E-state index in [9.17, 15) is 9.59 Å². The van der Waals surface area contributed by atoms with E-state index < -0.39 is 18.0 Å². The number of anilines is 2. The van der Waals surface area contributed by atoms with Gasteiger partial charge in [0, 0.05) is 38.0 Å². The Kier molecular flexibility index (Phi) is 6.25. The molecule has 11 nitrogen and oxygen atoms in total. The zero-order chi connectivity index (χ0) is 24.4. The Morgan fingerprint density at radius 1 is 1.26 bits per heavy atom. The molecule has 4 heterocycles. The van der Waals surface area contributed by atoms with E-state index in [-0.39, 0.29) is 25.0 Å². The lowest BCUT2D eigenvalue weighted by Crippen LogP contribution is -2.36. The van der Waals surface area contributed by atoms with Crippen molar-refractivity contribution in [1.82, 2.24) is 30.5 Å². The number of pyridine rings is 1. The first-order valence-electron chi connectivity index (χ1n) is 11.4. The second-order valence-electron chi connectivity index (χ2n) is 8.58. The maximum Gasteiger partial charge on any atom is 0.414 e. The van der Waals surface area contributed by atoms with Crippen LogP contribution in [0.1, 0.15) is 25.8 Å². The van der Waals surface area contributed by atoms with Crippen LogP contribution in [-0.2, 0) is 9.53 Å². The van der Waals surface area contributed by atoms with Gasteiger partial charge in [-0.15, -0.1) is 10.2 Å². The van der Waals surface area contributed by atoms with Crippen LogP contribution in [0.5, 0.6) is 0 Å². The minimum absolute atomic E-state index is 0.0754. The molecule has 2 saturated heterocycles. The molecule has 12 heteroatoms. The maximum absolute atomic E-state index is 15.1. The normalized spacial score (nSPS) is 18.6. The van der Waals surface area contributed by atoms with Crippen molar-refractivity contribution in [3.63, 3.8) is 0 Å². The van der Waals surface area contributed by atoms with Crippen molar-refractivity contribution >= 4 is 23.4 Å². The Balaban J connectivity index is 1.20. The average molecular weight is 481 g/mol. The number of halogens is 1. The minimum Gasteiger partial charge on any atom is -0.442 e. The molecule has 35 heavy (non-hydrogen) atoms. The van der Waals surface area contributed by atoms with Gasteiger partial charge in [-0.05, 0) is 48.4 Å². The number of ether oxygens (including phenoxy) is 1. The monoisotopic (exact) mass is 480 g/mol. The molecule has 0 spiro atoms. The van der Waals surface area contributed by atoms with Gasteiger partial charge in [-0.2, -0.15) is 4.80 Å². The molecule has 182 valence electrons. The van der Waals surface area contributed by atoms with E-state index in [2.05, 4.69) is 25.7 Å². The summed E-state index contributed by atoms with van der Waals surface area (Å²) < 4.78 is 20.3.